The Hall–Kier alpha value is -0.340. The van der Waals surface area contributed by atoms with Gasteiger partial charge in [-0.1, -0.05) is 12.2 Å². The van der Waals surface area contributed by atoms with Gasteiger partial charge in [0.15, 0.2) is 0 Å². The monoisotopic (exact) mass is 128 g/mol. The van der Waals surface area contributed by atoms with Crippen molar-refractivity contribution in [1.29, 1.82) is 0 Å². The molecule has 2 heteroatoms. The van der Waals surface area contributed by atoms with Crippen molar-refractivity contribution in [3.8, 4) is 0 Å². The first-order chi connectivity index (χ1) is 4.38. The summed E-state index contributed by atoms with van der Waals surface area (Å²) in [7, 11) is 0. The molecular weight excluding hydrogens is 116 g/mol. The smallest absolute Gasteiger partial charge is 0.0497 e. The van der Waals surface area contributed by atoms with Crippen molar-refractivity contribution < 1.29 is 10.2 Å². The SMILES string of the molecule is OC[C@H]1CC=C[C@H]1CO. The molecule has 0 fully saturated rings. The Morgan fingerprint density at radius 1 is 1.33 bits per heavy atom. The van der Waals surface area contributed by atoms with E-state index in [0.29, 0.717) is 0 Å². The van der Waals surface area contributed by atoms with Gasteiger partial charge in [-0.25, -0.2) is 0 Å². The van der Waals surface area contributed by atoms with E-state index < -0.39 is 0 Å². The second kappa shape index (κ2) is 2.99. The highest BCUT2D eigenvalue weighted by Gasteiger charge is 2.20. The summed E-state index contributed by atoms with van der Waals surface area (Å²) in [5.74, 6) is 0.477. The van der Waals surface area contributed by atoms with E-state index >= 15 is 0 Å². The minimum atomic E-state index is 0.168. The average molecular weight is 128 g/mol. The predicted octanol–water partition coefficient (Wildman–Crippen LogP) is 0.163. The first-order valence-electron chi connectivity index (χ1n) is 3.27. The van der Waals surface area contributed by atoms with E-state index in [9.17, 15) is 0 Å². The molecule has 0 radical (unpaired) electrons. The topological polar surface area (TPSA) is 40.5 Å². The van der Waals surface area contributed by atoms with E-state index in [0.717, 1.165) is 6.42 Å². The summed E-state index contributed by atoms with van der Waals surface area (Å²) < 4.78 is 0. The third kappa shape index (κ3) is 1.32. The summed E-state index contributed by atoms with van der Waals surface area (Å²) in [6.45, 7) is 0.361. The van der Waals surface area contributed by atoms with Crippen LogP contribution in [0.5, 0.6) is 0 Å². The third-order valence-corrected chi connectivity index (χ3v) is 1.87. The van der Waals surface area contributed by atoms with Crippen molar-refractivity contribution in [2.45, 2.75) is 6.42 Å². The van der Waals surface area contributed by atoms with Gasteiger partial charge in [0.1, 0.15) is 0 Å². The van der Waals surface area contributed by atoms with Gasteiger partial charge in [-0.05, 0) is 12.3 Å². The lowest BCUT2D eigenvalue weighted by Gasteiger charge is -2.12. The van der Waals surface area contributed by atoms with Gasteiger partial charge in [-0.2, -0.15) is 0 Å². The Balaban J connectivity index is 2.39. The molecule has 0 spiro atoms. The number of aliphatic hydroxyl groups is 2. The van der Waals surface area contributed by atoms with Gasteiger partial charge >= 0.3 is 0 Å². The normalized spacial score (nSPS) is 33.6. The van der Waals surface area contributed by atoms with E-state index in [1.54, 1.807) is 0 Å². The molecular formula is C7H12O2. The van der Waals surface area contributed by atoms with Crippen LogP contribution in [0, 0.1) is 11.8 Å². The summed E-state index contributed by atoms with van der Waals surface area (Å²) in [5, 5.41) is 17.4. The molecule has 0 aromatic carbocycles. The van der Waals surface area contributed by atoms with Crippen molar-refractivity contribution in [2.75, 3.05) is 13.2 Å². The van der Waals surface area contributed by atoms with Gasteiger partial charge in [0, 0.05) is 19.1 Å². The van der Waals surface area contributed by atoms with Crippen LogP contribution in [0.4, 0.5) is 0 Å². The highest BCUT2D eigenvalue weighted by atomic mass is 16.3. The van der Waals surface area contributed by atoms with Crippen molar-refractivity contribution in [3.63, 3.8) is 0 Å². The number of hydrogen-bond donors (Lipinski definition) is 2. The summed E-state index contributed by atoms with van der Waals surface area (Å²) in [4.78, 5) is 0. The molecule has 2 N–H and O–H groups in total. The molecule has 0 unspecified atom stereocenters. The van der Waals surface area contributed by atoms with Gasteiger partial charge in [-0.15, -0.1) is 0 Å². The Kier molecular flexibility index (Phi) is 2.25. The minimum Gasteiger partial charge on any atom is -0.396 e. The molecule has 1 rings (SSSR count). The predicted molar refractivity (Wildman–Crippen MR) is 34.9 cm³/mol. The van der Waals surface area contributed by atoms with E-state index in [1.165, 1.54) is 0 Å². The zero-order chi connectivity index (χ0) is 6.69. The number of rotatable bonds is 2. The van der Waals surface area contributed by atoms with Crippen LogP contribution in [0.3, 0.4) is 0 Å². The largest absolute Gasteiger partial charge is 0.396 e. The second-order valence-electron chi connectivity index (χ2n) is 2.45. The van der Waals surface area contributed by atoms with Gasteiger partial charge in [0.2, 0.25) is 0 Å². The van der Waals surface area contributed by atoms with Crippen LogP contribution in [0.1, 0.15) is 6.42 Å². The van der Waals surface area contributed by atoms with Crippen LogP contribution >= 0.6 is 0 Å². The molecule has 1 aliphatic carbocycles. The molecule has 2 atom stereocenters. The maximum atomic E-state index is 8.72. The molecule has 0 aromatic rings. The maximum Gasteiger partial charge on any atom is 0.0497 e. The second-order valence-corrected chi connectivity index (χ2v) is 2.45. The highest BCUT2D eigenvalue weighted by Crippen LogP contribution is 2.23. The molecule has 0 saturated carbocycles. The zero-order valence-electron chi connectivity index (χ0n) is 5.33. The van der Waals surface area contributed by atoms with Gasteiger partial charge in [0.05, 0.1) is 0 Å². The van der Waals surface area contributed by atoms with Crippen LogP contribution in [0.2, 0.25) is 0 Å². The quantitative estimate of drug-likeness (QED) is 0.520. The molecule has 0 aromatic heterocycles. The first kappa shape index (κ1) is 6.78. The highest BCUT2D eigenvalue weighted by molar-refractivity contribution is 5.00. The van der Waals surface area contributed by atoms with Crippen LogP contribution in [0.15, 0.2) is 12.2 Å². The fraction of sp³-hybridized carbons (Fsp3) is 0.714. The van der Waals surface area contributed by atoms with E-state index in [4.69, 9.17) is 10.2 Å². The Labute approximate surface area is 54.8 Å². The molecule has 2 nitrogen and oxygen atoms in total. The van der Waals surface area contributed by atoms with Crippen LogP contribution in [-0.4, -0.2) is 23.4 Å². The first-order valence-corrected chi connectivity index (χ1v) is 3.27. The van der Waals surface area contributed by atoms with Crippen LogP contribution < -0.4 is 0 Å². The zero-order valence-corrected chi connectivity index (χ0v) is 5.33. The van der Waals surface area contributed by atoms with E-state index in [1.807, 2.05) is 12.2 Å². The summed E-state index contributed by atoms with van der Waals surface area (Å²) >= 11 is 0. The summed E-state index contributed by atoms with van der Waals surface area (Å²) in [6.07, 6.45) is 4.91. The maximum absolute atomic E-state index is 8.72. The Morgan fingerprint density at radius 3 is 2.56 bits per heavy atom. The molecule has 0 aliphatic heterocycles. The molecule has 0 amide bonds. The van der Waals surface area contributed by atoms with Crippen molar-refractivity contribution in [3.05, 3.63) is 12.2 Å². The number of aliphatic hydroxyl groups excluding tert-OH is 2. The number of hydrogen-bond acceptors (Lipinski definition) is 2. The standard InChI is InChI=1S/C7H12O2/c8-4-6-2-1-3-7(6)5-9/h1-2,6-9H,3-5H2/t6-,7+/m0/s1. The van der Waals surface area contributed by atoms with Gasteiger partial charge < -0.3 is 10.2 Å². The summed E-state index contributed by atoms with van der Waals surface area (Å²) in [5.41, 5.74) is 0. The lowest BCUT2D eigenvalue weighted by Crippen LogP contribution is -2.15. The fourth-order valence-electron chi connectivity index (χ4n) is 1.18. The average Bonchev–Trinajstić information content (AvgIpc) is 2.33. The Bertz CT molecular complexity index is 109. The van der Waals surface area contributed by atoms with Gasteiger partial charge in [0.25, 0.3) is 0 Å². The van der Waals surface area contributed by atoms with E-state index in [2.05, 4.69) is 0 Å². The van der Waals surface area contributed by atoms with Crippen LogP contribution in [0.25, 0.3) is 0 Å². The van der Waals surface area contributed by atoms with Crippen LogP contribution in [-0.2, 0) is 0 Å². The van der Waals surface area contributed by atoms with Gasteiger partial charge in [-0.3, -0.25) is 0 Å². The molecule has 0 heterocycles. The third-order valence-electron chi connectivity index (χ3n) is 1.87. The number of allylic oxidation sites excluding steroid dienone is 1. The molecule has 0 saturated heterocycles. The Morgan fingerprint density at radius 2 is 2.11 bits per heavy atom. The van der Waals surface area contributed by atoms with Crippen molar-refractivity contribution in [1.82, 2.24) is 0 Å². The van der Waals surface area contributed by atoms with E-state index in [-0.39, 0.29) is 25.0 Å². The molecule has 9 heavy (non-hydrogen) atoms. The fourth-order valence-corrected chi connectivity index (χ4v) is 1.18. The van der Waals surface area contributed by atoms with Crippen molar-refractivity contribution in [2.24, 2.45) is 11.8 Å². The lowest BCUT2D eigenvalue weighted by atomic mass is 9.98. The van der Waals surface area contributed by atoms with Crippen molar-refractivity contribution >= 4 is 0 Å². The molecule has 1 aliphatic rings. The lowest BCUT2D eigenvalue weighted by molar-refractivity contribution is 0.155. The minimum absolute atomic E-state index is 0.168. The molecule has 52 valence electrons. The molecule has 0 bridgehead atoms. The summed E-state index contributed by atoms with van der Waals surface area (Å²) in [6, 6.07) is 0.